The van der Waals surface area contributed by atoms with Gasteiger partial charge in [-0.05, 0) is 51.5 Å². The van der Waals surface area contributed by atoms with Crippen molar-refractivity contribution in [1.82, 2.24) is 8.87 Å². The van der Waals surface area contributed by atoms with E-state index in [0.29, 0.717) is 11.4 Å². The number of anilines is 1. The van der Waals surface area contributed by atoms with Crippen molar-refractivity contribution in [3.05, 3.63) is 41.2 Å². The highest BCUT2D eigenvalue weighted by atomic mass is 127. The molecule has 156 valence electrons. The molecule has 0 bridgehead atoms. The third-order valence-electron chi connectivity index (χ3n) is 3.86. The van der Waals surface area contributed by atoms with Gasteiger partial charge in [0, 0.05) is 67.9 Å². The molecule has 1 aromatic heterocycles. The van der Waals surface area contributed by atoms with Crippen LogP contribution < -0.4 is 5.32 Å². The maximum absolute atomic E-state index is 13.0. The van der Waals surface area contributed by atoms with Gasteiger partial charge in [-0.25, -0.2) is 4.79 Å². The Morgan fingerprint density at radius 3 is 2.45 bits per heavy atom. The highest BCUT2D eigenvalue weighted by Gasteiger charge is 2.21. The number of nitrogens with one attached hydrogen (secondary N) is 2. The fourth-order valence-corrected chi connectivity index (χ4v) is 4.43. The van der Waals surface area contributed by atoms with Crippen LogP contribution in [0, 0.1) is 12.3 Å². The normalized spacial score (nSPS) is 12.0. The van der Waals surface area contributed by atoms with Crippen molar-refractivity contribution in [3.63, 3.8) is 0 Å². The molecule has 0 saturated heterocycles. The van der Waals surface area contributed by atoms with Crippen LogP contribution in [0.5, 0.6) is 0 Å². The number of benzene rings is 1. The van der Waals surface area contributed by atoms with Crippen LogP contribution in [0.3, 0.4) is 0 Å². The summed E-state index contributed by atoms with van der Waals surface area (Å²) in [6.45, 7) is 7.30. The van der Waals surface area contributed by atoms with Crippen LogP contribution in [0.1, 0.15) is 36.8 Å². The highest BCUT2D eigenvalue weighted by molar-refractivity contribution is 14.2. The number of ketones is 1. The van der Waals surface area contributed by atoms with Gasteiger partial charge < -0.3 is 15.0 Å². The molecule has 2 N–H and O–H groups in total. The largest absolute Gasteiger partial charge is 0.444 e. The second-order valence-electron chi connectivity index (χ2n) is 7.77. The van der Waals surface area contributed by atoms with E-state index in [1.807, 2.05) is 19.1 Å². The van der Waals surface area contributed by atoms with E-state index in [9.17, 15) is 9.59 Å². The number of amides is 1. The number of halogens is 1. The highest BCUT2D eigenvalue weighted by Crippen LogP contribution is 2.33. The van der Waals surface area contributed by atoms with Gasteiger partial charge in [0.05, 0.1) is 11.1 Å². The predicted octanol–water partition coefficient (Wildman–Crippen LogP) is 5.42. The average Bonchev–Trinajstić information content (AvgIpc) is 2.94. The van der Waals surface area contributed by atoms with Crippen LogP contribution in [0.25, 0.3) is 10.9 Å². The molecule has 9 heteroatoms. The fraction of sp³-hybridized carbons (Fsp3) is 0.350. The molecule has 0 spiro atoms. The van der Waals surface area contributed by atoms with Gasteiger partial charge >= 0.3 is 6.09 Å². The van der Waals surface area contributed by atoms with E-state index < -0.39 is 11.7 Å². The van der Waals surface area contributed by atoms with Gasteiger partial charge in [0.15, 0.2) is 0 Å². The SMILES string of the molecule is Cc1cc2cc(C(=O)/C(C=N)=C/N(C)C)n(SI)c2cc1NC(=O)OC(C)(C)C. The van der Waals surface area contributed by atoms with Crippen LogP contribution in [-0.2, 0) is 4.74 Å². The van der Waals surface area contributed by atoms with Gasteiger partial charge in [-0.3, -0.25) is 14.1 Å². The van der Waals surface area contributed by atoms with Gasteiger partial charge in [0.1, 0.15) is 11.3 Å². The van der Waals surface area contributed by atoms with E-state index in [2.05, 4.69) is 26.5 Å². The fourth-order valence-electron chi connectivity index (χ4n) is 2.71. The van der Waals surface area contributed by atoms with Gasteiger partial charge in [-0.15, -0.1) is 0 Å². The molecular formula is C20H25IN4O3S. The number of carbonyl (C=O) groups is 2. The first-order valence-corrected chi connectivity index (χ1v) is 12.2. The Balaban J connectivity index is 2.51. The zero-order valence-corrected chi connectivity index (χ0v) is 20.3. The predicted molar refractivity (Wildman–Crippen MR) is 128 cm³/mol. The molecule has 7 nitrogen and oxygen atoms in total. The Hall–Kier alpha value is -2.01. The lowest BCUT2D eigenvalue weighted by atomic mass is 10.1. The second-order valence-corrected chi connectivity index (χ2v) is 9.45. The summed E-state index contributed by atoms with van der Waals surface area (Å²) in [4.78, 5) is 26.9. The number of allylic oxidation sites excluding steroid dienone is 1. The Morgan fingerprint density at radius 2 is 1.93 bits per heavy atom. The van der Waals surface area contributed by atoms with E-state index in [-0.39, 0.29) is 11.4 Å². The minimum absolute atomic E-state index is 0.242. The lowest BCUT2D eigenvalue weighted by Crippen LogP contribution is -2.27. The molecule has 2 aromatic rings. The summed E-state index contributed by atoms with van der Waals surface area (Å²) < 4.78 is 7.13. The molecule has 0 fully saturated rings. The van der Waals surface area contributed by atoms with Crippen molar-refractivity contribution in [3.8, 4) is 0 Å². The van der Waals surface area contributed by atoms with Crippen LogP contribution in [0.15, 0.2) is 30.0 Å². The monoisotopic (exact) mass is 528 g/mol. The molecule has 29 heavy (non-hydrogen) atoms. The van der Waals surface area contributed by atoms with Gasteiger partial charge in [-0.1, -0.05) is 0 Å². The number of aryl methyl sites for hydroxylation is 1. The smallest absolute Gasteiger partial charge is 0.412 e. The molecular weight excluding hydrogens is 503 g/mol. The van der Waals surface area contributed by atoms with Crippen LogP contribution in [-0.4, -0.2) is 46.7 Å². The van der Waals surface area contributed by atoms with E-state index in [4.69, 9.17) is 10.1 Å². The van der Waals surface area contributed by atoms with Gasteiger partial charge in [0.25, 0.3) is 0 Å². The quantitative estimate of drug-likeness (QED) is 0.226. The van der Waals surface area contributed by atoms with Crippen LogP contribution in [0.2, 0.25) is 0 Å². The molecule has 0 aliphatic rings. The number of hydrogen-bond donors (Lipinski definition) is 2. The molecule has 0 aliphatic heterocycles. The molecule has 0 unspecified atom stereocenters. The van der Waals surface area contributed by atoms with E-state index in [1.165, 1.54) is 9.12 Å². The minimum atomic E-state index is -0.595. The number of ether oxygens (including phenoxy) is 1. The topological polar surface area (TPSA) is 87.4 Å². The first kappa shape index (κ1) is 23.3. The number of aromatic nitrogens is 1. The Labute approximate surface area is 187 Å². The molecule has 0 saturated carbocycles. The first-order valence-electron chi connectivity index (χ1n) is 8.85. The molecule has 2 rings (SSSR count). The molecule has 0 radical (unpaired) electrons. The lowest BCUT2D eigenvalue weighted by molar-refractivity contribution is 0.0635. The summed E-state index contributed by atoms with van der Waals surface area (Å²) in [5.41, 5.74) is 2.42. The Kier molecular flexibility index (Phi) is 7.39. The number of nitrogens with zero attached hydrogens (tertiary/aromatic N) is 2. The van der Waals surface area contributed by atoms with E-state index in [1.54, 1.807) is 56.0 Å². The maximum atomic E-state index is 13.0. The third kappa shape index (κ3) is 5.75. The average molecular weight is 528 g/mol. The molecule has 1 aromatic carbocycles. The second kappa shape index (κ2) is 9.21. The van der Waals surface area contributed by atoms with Crippen LogP contribution in [0.4, 0.5) is 10.5 Å². The summed E-state index contributed by atoms with van der Waals surface area (Å²) in [5.74, 6) is -0.242. The summed E-state index contributed by atoms with van der Waals surface area (Å²) in [6, 6.07) is 5.55. The molecule has 0 atom stereocenters. The zero-order chi connectivity index (χ0) is 21.9. The van der Waals surface area contributed by atoms with Crippen molar-refractivity contribution in [1.29, 1.82) is 5.41 Å². The number of carbonyl (C=O) groups excluding carboxylic acids is 2. The van der Waals surface area contributed by atoms with E-state index >= 15 is 0 Å². The lowest BCUT2D eigenvalue weighted by Gasteiger charge is -2.20. The van der Waals surface area contributed by atoms with Gasteiger partial charge in [0.2, 0.25) is 5.78 Å². The van der Waals surface area contributed by atoms with Gasteiger partial charge in [-0.2, -0.15) is 0 Å². The summed E-state index contributed by atoms with van der Waals surface area (Å²) >= 11 is 2.11. The van der Waals surface area contributed by atoms with E-state index in [0.717, 1.165) is 22.7 Å². The van der Waals surface area contributed by atoms with Crippen molar-refractivity contribution >= 4 is 65.0 Å². The van der Waals surface area contributed by atoms with Crippen molar-refractivity contribution in [2.45, 2.75) is 33.3 Å². The summed E-state index contributed by atoms with van der Waals surface area (Å²) in [5, 5.41) is 11.2. The van der Waals surface area contributed by atoms with Crippen molar-refractivity contribution in [2.75, 3.05) is 19.4 Å². The minimum Gasteiger partial charge on any atom is -0.444 e. The maximum Gasteiger partial charge on any atom is 0.412 e. The van der Waals surface area contributed by atoms with Crippen LogP contribution >= 0.6 is 30.3 Å². The number of fused-ring (bicyclic) bond motifs is 1. The molecule has 1 heterocycles. The summed E-state index contributed by atoms with van der Waals surface area (Å²) in [6.07, 6.45) is 2.15. The molecule has 0 aliphatic carbocycles. The summed E-state index contributed by atoms with van der Waals surface area (Å²) in [7, 11) is 4.96. The first-order chi connectivity index (χ1) is 13.5. The Morgan fingerprint density at radius 1 is 1.28 bits per heavy atom. The zero-order valence-electron chi connectivity index (χ0n) is 17.3. The standard InChI is InChI=1S/C20H25IN4O3S/c1-12-7-13-8-17(18(26)14(10-22)11-24(5)6)25(29-21)16(13)9-15(12)23-19(27)28-20(2,3)4/h7-11,22H,1-6H3,(H,23,27)/b14-11+,22-10?. The number of Topliss-reactive ketones (excluding diaryl/α,β-unsaturated/α-hetero) is 1. The Bertz CT molecular complexity index is 990. The molecule has 1 amide bonds. The number of rotatable bonds is 6. The van der Waals surface area contributed by atoms with Crippen molar-refractivity contribution in [2.24, 2.45) is 0 Å². The third-order valence-corrected chi connectivity index (χ3v) is 5.57. The van der Waals surface area contributed by atoms with Crippen molar-refractivity contribution < 1.29 is 14.3 Å². The number of hydrogen-bond acceptors (Lipinski definition) is 6.